The zero-order valence-corrected chi connectivity index (χ0v) is 12.6. The van der Waals surface area contributed by atoms with Gasteiger partial charge in [0.05, 0.1) is 6.10 Å². The SMILES string of the molecule is CC(NS(=O)(=O)c1cccs1)C(O)c1ccc(F)c(F)c1. The number of sulfonamides is 1. The van der Waals surface area contributed by atoms with Crippen molar-refractivity contribution in [3.05, 3.63) is 52.9 Å². The van der Waals surface area contributed by atoms with Crippen molar-refractivity contribution in [1.29, 1.82) is 0 Å². The van der Waals surface area contributed by atoms with Gasteiger partial charge in [0.25, 0.3) is 0 Å². The van der Waals surface area contributed by atoms with Crippen LogP contribution in [0.2, 0.25) is 0 Å². The second-order valence-electron chi connectivity index (χ2n) is 4.46. The molecule has 0 aliphatic rings. The summed E-state index contributed by atoms with van der Waals surface area (Å²) in [6, 6.07) is 5.06. The molecule has 2 rings (SSSR count). The van der Waals surface area contributed by atoms with Crippen molar-refractivity contribution < 1.29 is 22.3 Å². The summed E-state index contributed by atoms with van der Waals surface area (Å²) in [6.45, 7) is 1.44. The third kappa shape index (κ3) is 3.65. The summed E-state index contributed by atoms with van der Waals surface area (Å²) >= 11 is 1.04. The van der Waals surface area contributed by atoms with Gasteiger partial charge in [0, 0.05) is 6.04 Å². The fraction of sp³-hybridized carbons (Fsp3) is 0.231. The van der Waals surface area contributed by atoms with Crippen molar-refractivity contribution in [1.82, 2.24) is 4.72 Å². The molecule has 0 saturated heterocycles. The zero-order chi connectivity index (χ0) is 15.6. The molecule has 2 N–H and O–H groups in total. The van der Waals surface area contributed by atoms with Crippen molar-refractivity contribution in [3.63, 3.8) is 0 Å². The van der Waals surface area contributed by atoms with E-state index in [4.69, 9.17) is 0 Å². The van der Waals surface area contributed by atoms with Crippen LogP contribution in [0.3, 0.4) is 0 Å². The molecule has 0 aliphatic heterocycles. The molecule has 0 saturated carbocycles. The summed E-state index contributed by atoms with van der Waals surface area (Å²) in [4.78, 5) is 0. The Morgan fingerprint density at radius 2 is 1.95 bits per heavy atom. The molecule has 0 amide bonds. The van der Waals surface area contributed by atoms with Crippen molar-refractivity contribution >= 4 is 21.4 Å². The van der Waals surface area contributed by atoms with Crippen LogP contribution in [0.15, 0.2) is 39.9 Å². The van der Waals surface area contributed by atoms with Crippen molar-refractivity contribution in [2.75, 3.05) is 0 Å². The van der Waals surface area contributed by atoms with Crippen LogP contribution < -0.4 is 4.72 Å². The van der Waals surface area contributed by atoms with Gasteiger partial charge in [-0.05, 0) is 36.1 Å². The standard InChI is InChI=1S/C13H13F2NO3S2/c1-8(16-21(18,19)12-3-2-6-20-12)13(17)9-4-5-10(14)11(15)7-9/h2-8,13,16-17H,1H3. The van der Waals surface area contributed by atoms with Crippen molar-refractivity contribution in [2.24, 2.45) is 0 Å². The Bertz CT molecular complexity index is 717. The Morgan fingerprint density at radius 3 is 2.52 bits per heavy atom. The molecule has 0 spiro atoms. The largest absolute Gasteiger partial charge is 0.387 e. The van der Waals surface area contributed by atoms with Crippen molar-refractivity contribution in [3.8, 4) is 0 Å². The highest BCUT2D eigenvalue weighted by Crippen LogP contribution is 2.22. The lowest BCUT2D eigenvalue weighted by atomic mass is 10.0. The molecular weight excluding hydrogens is 320 g/mol. The predicted octanol–water partition coefficient (Wildman–Crippen LogP) is 2.43. The molecule has 0 radical (unpaired) electrons. The predicted molar refractivity (Wildman–Crippen MR) is 75.4 cm³/mol. The smallest absolute Gasteiger partial charge is 0.250 e. The fourth-order valence-electron chi connectivity index (χ4n) is 1.77. The average Bonchev–Trinajstić information content (AvgIpc) is 2.95. The molecular formula is C13H13F2NO3S2. The first kappa shape index (κ1) is 16.0. The van der Waals surface area contributed by atoms with Gasteiger partial charge in [0.15, 0.2) is 11.6 Å². The number of benzene rings is 1. The topological polar surface area (TPSA) is 66.4 Å². The van der Waals surface area contributed by atoms with Crippen LogP contribution in [0.5, 0.6) is 0 Å². The van der Waals surface area contributed by atoms with Crippen molar-refractivity contribution in [2.45, 2.75) is 23.3 Å². The summed E-state index contributed by atoms with van der Waals surface area (Å²) in [5.41, 5.74) is 0.0929. The van der Waals surface area contributed by atoms with Gasteiger partial charge >= 0.3 is 0 Å². The van der Waals surface area contributed by atoms with E-state index in [0.29, 0.717) is 0 Å². The van der Waals surface area contributed by atoms with E-state index in [1.54, 1.807) is 11.4 Å². The molecule has 2 atom stereocenters. The first-order valence-electron chi connectivity index (χ1n) is 6.00. The number of hydrogen-bond acceptors (Lipinski definition) is 4. The Kier molecular flexibility index (Phi) is 4.72. The highest BCUT2D eigenvalue weighted by atomic mass is 32.2. The molecule has 0 fully saturated rings. The van der Waals surface area contributed by atoms with Crippen LogP contribution in [0, 0.1) is 11.6 Å². The van der Waals surface area contributed by atoms with Gasteiger partial charge in [-0.15, -0.1) is 11.3 Å². The molecule has 114 valence electrons. The van der Waals surface area contributed by atoms with E-state index in [1.165, 1.54) is 19.1 Å². The highest BCUT2D eigenvalue weighted by Gasteiger charge is 2.24. The Hall–Kier alpha value is -1.35. The van der Waals surface area contributed by atoms with Gasteiger partial charge in [-0.25, -0.2) is 21.9 Å². The minimum atomic E-state index is -3.75. The maximum absolute atomic E-state index is 13.1. The monoisotopic (exact) mass is 333 g/mol. The Labute approximate surface area is 125 Å². The van der Waals surface area contributed by atoms with E-state index in [-0.39, 0.29) is 9.77 Å². The van der Waals surface area contributed by atoms with Crippen LogP contribution >= 0.6 is 11.3 Å². The molecule has 2 unspecified atom stereocenters. The maximum Gasteiger partial charge on any atom is 0.250 e. The molecule has 2 aromatic rings. The second-order valence-corrected chi connectivity index (χ2v) is 7.35. The van der Waals surface area contributed by atoms with Crippen LogP contribution in [0.1, 0.15) is 18.6 Å². The Balaban J connectivity index is 2.16. The molecule has 1 aromatic carbocycles. The summed E-state index contributed by atoms with van der Waals surface area (Å²) in [5, 5.41) is 11.7. The normalized spacial score (nSPS) is 14.9. The third-order valence-corrected chi connectivity index (χ3v) is 5.82. The molecule has 21 heavy (non-hydrogen) atoms. The number of aliphatic hydroxyl groups is 1. The molecule has 0 bridgehead atoms. The van der Waals surface area contributed by atoms with Crippen LogP contribution in [0.4, 0.5) is 8.78 Å². The van der Waals surface area contributed by atoms with E-state index in [9.17, 15) is 22.3 Å². The van der Waals surface area contributed by atoms with Gasteiger partial charge < -0.3 is 5.11 Å². The minimum absolute atomic E-state index is 0.0929. The van der Waals surface area contributed by atoms with E-state index in [1.807, 2.05) is 0 Å². The average molecular weight is 333 g/mol. The van der Waals surface area contributed by atoms with E-state index >= 15 is 0 Å². The number of rotatable bonds is 5. The molecule has 4 nitrogen and oxygen atoms in total. The fourth-order valence-corrected chi connectivity index (χ4v) is 4.03. The molecule has 1 heterocycles. The minimum Gasteiger partial charge on any atom is -0.387 e. The number of halogens is 2. The van der Waals surface area contributed by atoms with Gasteiger partial charge in [-0.3, -0.25) is 0 Å². The number of hydrogen-bond donors (Lipinski definition) is 2. The van der Waals surface area contributed by atoms with Crippen LogP contribution in [-0.4, -0.2) is 19.6 Å². The van der Waals surface area contributed by atoms with Gasteiger partial charge in [-0.2, -0.15) is 0 Å². The number of nitrogens with one attached hydrogen (secondary N) is 1. The lowest BCUT2D eigenvalue weighted by Crippen LogP contribution is -2.36. The van der Waals surface area contributed by atoms with Crippen LogP contribution in [-0.2, 0) is 10.0 Å². The summed E-state index contributed by atoms with van der Waals surface area (Å²) in [7, 11) is -3.75. The molecule has 8 heteroatoms. The number of thiophene rings is 1. The van der Waals surface area contributed by atoms with Crippen LogP contribution in [0.25, 0.3) is 0 Å². The highest BCUT2D eigenvalue weighted by molar-refractivity contribution is 7.91. The van der Waals surface area contributed by atoms with Gasteiger partial charge in [0.2, 0.25) is 10.0 Å². The lowest BCUT2D eigenvalue weighted by Gasteiger charge is -2.20. The first-order valence-corrected chi connectivity index (χ1v) is 8.36. The second kappa shape index (κ2) is 6.18. The zero-order valence-electron chi connectivity index (χ0n) is 11.0. The quantitative estimate of drug-likeness (QED) is 0.883. The Morgan fingerprint density at radius 1 is 1.24 bits per heavy atom. The van der Waals surface area contributed by atoms with Gasteiger partial charge in [0.1, 0.15) is 4.21 Å². The maximum atomic E-state index is 13.1. The summed E-state index contributed by atoms with van der Waals surface area (Å²) in [5.74, 6) is -2.13. The summed E-state index contributed by atoms with van der Waals surface area (Å²) in [6.07, 6.45) is -1.30. The molecule has 1 aromatic heterocycles. The first-order chi connectivity index (χ1) is 9.81. The van der Waals surface area contributed by atoms with E-state index in [2.05, 4.69) is 4.72 Å². The molecule has 0 aliphatic carbocycles. The van der Waals surface area contributed by atoms with E-state index < -0.39 is 33.8 Å². The summed E-state index contributed by atoms with van der Waals surface area (Å²) < 4.78 is 52.4. The lowest BCUT2D eigenvalue weighted by molar-refractivity contribution is 0.146. The third-order valence-electron chi connectivity index (χ3n) is 2.86. The van der Waals surface area contributed by atoms with Gasteiger partial charge in [-0.1, -0.05) is 12.1 Å². The number of aliphatic hydroxyl groups excluding tert-OH is 1. The van der Waals surface area contributed by atoms with E-state index in [0.717, 1.165) is 23.5 Å².